The van der Waals surface area contributed by atoms with Crippen LogP contribution in [0.2, 0.25) is 0 Å². The summed E-state index contributed by atoms with van der Waals surface area (Å²) in [7, 11) is 0. The first-order chi connectivity index (χ1) is 14.9. The number of aromatic nitrogens is 2. The van der Waals surface area contributed by atoms with Crippen LogP contribution in [0.3, 0.4) is 0 Å². The molecule has 30 heavy (non-hydrogen) atoms. The van der Waals surface area contributed by atoms with Gasteiger partial charge in [-0.1, -0.05) is 60.7 Å². The van der Waals surface area contributed by atoms with E-state index in [1.165, 1.54) is 60.1 Å². The Hall–Kier alpha value is -4.04. The lowest BCUT2D eigenvalue weighted by molar-refractivity contribution is 1.18. The first kappa shape index (κ1) is 15.8. The molecular formula is C28H18N2. The van der Waals surface area contributed by atoms with Crippen molar-refractivity contribution >= 4 is 54.4 Å². The van der Waals surface area contributed by atoms with E-state index in [2.05, 4.69) is 113 Å². The number of rotatable bonds is 1. The fourth-order valence-corrected chi connectivity index (χ4v) is 4.91. The van der Waals surface area contributed by atoms with Gasteiger partial charge in [-0.3, -0.25) is 0 Å². The number of H-pyrrole nitrogens is 1. The van der Waals surface area contributed by atoms with E-state index in [-0.39, 0.29) is 0 Å². The molecule has 0 unspecified atom stereocenters. The normalized spacial score (nSPS) is 12.0. The number of fused-ring (bicyclic) bond motifs is 7. The second-order valence-corrected chi connectivity index (χ2v) is 7.97. The van der Waals surface area contributed by atoms with E-state index >= 15 is 0 Å². The van der Waals surface area contributed by atoms with Crippen LogP contribution in [0.1, 0.15) is 0 Å². The minimum Gasteiger partial charge on any atom is -0.354 e. The van der Waals surface area contributed by atoms with Gasteiger partial charge in [0, 0.05) is 38.3 Å². The lowest BCUT2D eigenvalue weighted by Gasteiger charge is -2.07. The average molecular weight is 382 g/mol. The Morgan fingerprint density at radius 3 is 2.00 bits per heavy atom. The first-order valence-corrected chi connectivity index (χ1v) is 10.3. The number of nitrogens with one attached hydrogen (secondary N) is 1. The summed E-state index contributed by atoms with van der Waals surface area (Å²) in [5, 5.41) is 7.63. The van der Waals surface area contributed by atoms with E-state index < -0.39 is 0 Å². The number of aromatic amines is 1. The molecule has 0 atom stereocenters. The Morgan fingerprint density at radius 2 is 1.13 bits per heavy atom. The fraction of sp³-hybridized carbons (Fsp3) is 0. The van der Waals surface area contributed by atoms with Gasteiger partial charge >= 0.3 is 0 Å². The molecule has 0 bridgehead atoms. The molecule has 0 aliphatic carbocycles. The van der Waals surface area contributed by atoms with Gasteiger partial charge in [-0.15, -0.1) is 0 Å². The highest BCUT2D eigenvalue weighted by Crippen LogP contribution is 2.37. The average Bonchev–Trinajstić information content (AvgIpc) is 3.31. The first-order valence-electron chi connectivity index (χ1n) is 10.3. The molecule has 0 spiro atoms. The van der Waals surface area contributed by atoms with E-state index in [1.807, 2.05) is 0 Å². The van der Waals surface area contributed by atoms with Crippen molar-refractivity contribution in [3.63, 3.8) is 0 Å². The smallest absolute Gasteiger partial charge is 0.0548 e. The maximum Gasteiger partial charge on any atom is 0.0548 e. The van der Waals surface area contributed by atoms with Gasteiger partial charge in [0.15, 0.2) is 0 Å². The van der Waals surface area contributed by atoms with Gasteiger partial charge in [0.05, 0.1) is 11.0 Å². The number of para-hydroxylation sites is 2. The third kappa shape index (κ3) is 2.08. The van der Waals surface area contributed by atoms with Crippen LogP contribution in [0.15, 0.2) is 103 Å². The van der Waals surface area contributed by atoms with Crippen molar-refractivity contribution in [2.24, 2.45) is 0 Å². The lowest BCUT2D eigenvalue weighted by Crippen LogP contribution is -1.92. The predicted molar refractivity (Wildman–Crippen MR) is 128 cm³/mol. The largest absolute Gasteiger partial charge is 0.354 e. The number of benzene rings is 5. The Morgan fingerprint density at radius 1 is 0.467 bits per heavy atom. The van der Waals surface area contributed by atoms with Crippen LogP contribution in [0.25, 0.3) is 60.1 Å². The van der Waals surface area contributed by atoms with Gasteiger partial charge in [0.2, 0.25) is 0 Å². The van der Waals surface area contributed by atoms with Crippen molar-refractivity contribution in [1.82, 2.24) is 9.55 Å². The van der Waals surface area contributed by atoms with Crippen molar-refractivity contribution in [1.29, 1.82) is 0 Å². The van der Waals surface area contributed by atoms with Crippen molar-refractivity contribution in [3.8, 4) is 5.69 Å². The SMILES string of the molecule is c1ccc(-n2c3ccccc3c3cc4[nH]c5cc6ccccc6cc5c4cc32)cc1. The maximum absolute atomic E-state index is 3.67. The summed E-state index contributed by atoms with van der Waals surface area (Å²) in [6, 6.07) is 37.1. The summed E-state index contributed by atoms with van der Waals surface area (Å²) in [5.41, 5.74) is 6.04. The van der Waals surface area contributed by atoms with Crippen LogP contribution >= 0.6 is 0 Å². The molecule has 0 saturated carbocycles. The van der Waals surface area contributed by atoms with Gasteiger partial charge in [0.1, 0.15) is 0 Å². The Labute approximate surface area is 173 Å². The summed E-state index contributed by atoms with van der Waals surface area (Å²) in [4.78, 5) is 3.67. The van der Waals surface area contributed by atoms with E-state index in [0.717, 1.165) is 0 Å². The van der Waals surface area contributed by atoms with Crippen LogP contribution in [-0.4, -0.2) is 9.55 Å². The third-order valence-electron chi connectivity index (χ3n) is 6.27. The van der Waals surface area contributed by atoms with Crippen molar-refractivity contribution in [2.45, 2.75) is 0 Å². The monoisotopic (exact) mass is 382 g/mol. The number of hydrogen-bond acceptors (Lipinski definition) is 0. The number of hydrogen-bond donors (Lipinski definition) is 1. The van der Waals surface area contributed by atoms with E-state index in [1.54, 1.807) is 0 Å². The predicted octanol–water partition coefficient (Wildman–Crippen LogP) is 7.57. The van der Waals surface area contributed by atoms with Crippen LogP contribution in [0, 0.1) is 0 Å². The van der Waals surface area contributed by atoms with Gasteiger partial charge < -0.3 is 9.55 Å². The van der Waals surface area contributed by atoms with Gasteiger partial charge in [-0.05, 0) is 53.2 Å². The minimum atomic E-state index is 1.18. The summed E-state index contributed by atoms with van der Waals surface area (Å²) in [6.45, 7) is 0. The van der Waals surface area contributed by atoms with Crippen molar-refractivity contribution in [2.75, 3.05) is 0 Å². The maximum atomic E-state index is 3.67. The molecule has 0 aliphatic rings. The highest BCUT2D eigenvalue weighted by Gasteiger charge is 2.15. The molecule has 1 N–H and O–H groups in total. The molecule has 0 radical (unpaired) electrons. The number of nitrogens with zero attached hydrogens (tertiary/aromatic N) is 1. The van der Waals surface area contributed by atoms with Gasteiger partial charge in [0.25, 0.3) is 0 Å². The van der Waals surface area contributed by atoms with E-state index in [9.17, 15) is 0 Å². The molecule has 2 aromatic heterocycles. The molecule has 7 aromatic rings. The van der Waals surface area contributed by atoms with Gasteiger partial charge in [-0.25, -0.2) is 0 Å². The molecule has 0 saturated heterocycles. The topological polar surface area (TPSA) is 20.7 Å². The molecule has 140 valence electrons. The standard InChI is InChI=1S/C28H18N2/c1-2-10-20(11-3-1)30-27-13-7-6-12-21(27)24-16-26-23(17-28(24)30)22-14-18-8-4-5-9-19(18)15-25(22)29-26/h1-17,29H. The second kappa shape index (κ2) is 5.74. The molecule has 0 amide bonds. The summed E-state index contributed by atoms with van der Waals surface area (Å²) in [5.74, 6) is 0. The third-order valence-corrected chi connectivity index (χ3v) is 6.27. The van der Waals surface area contributed by atoms with Gasteiger partial charge in [-0.2, -0.15) is 0 Å². The molecule has 0 fully saturated rings. The molecule has 2 heterocycles. The fourth-order valence-electron chi connectivity index (χ4n) is 4.91. The zero-order valence-corrected chi connectivity index (χ0v) is 16.3. The lowest BCUT2D eigenvalue weighted by atomic mass is 10.1. The molecule has 0 aliphatic heterocycles. The Kier molecular flexibility index (Phi) is 3.03. The zero-order chi connectivity index (χ0) is 19.7. The quantitative estimate of drug-likeness (QED) is 0.302. The highest BCUT2D eigenvalue weighted by atomic mass is 15.0. The zero-order valence-electron chi connectivity index (χ0n) is 16.3. The molecule has 2 nitrogen and oxygen atoms in total. The van der Waals surface area contributed by atoms with Crippen molar-refractivity contribution < 1.29 is 0 Å². The van der Waals surface area contributed by atoms with Crippen LogP contribution < -0.4 is 0 Å². The van der Waals surface area contributed by atoms with Crippen LogP contribution in [0.5, 0.6) is 0 Å². The minimum absolute atomic E-state index is 1.18. The summed E-state index contributed by atoms with van der Waals surface area (Å²) < 4.78 is 2.38. The Balaban J connectivity index is 1.67. The highest BCUT2D eigenvalue weighted by molar-refractivity contribution is 6.19. The van der Waals surface area contributed by atoms with Crippen LogP contribution in [-0.2, 0) is 0 Å². The van der Waals surface area contributed by atoms with Crippen molar-refractivity contribution in [3.05, 3.63) is 103 Å². The summed E-state index contributed by atoms with van der Waals surface area (Å²) >= 11 is 0. The summed E-state index contributed by atoms with van der Waals surface area (Å²) in [6.07, 6.45) is 0. The molecular weight excluding hydrogens is 364 g/mol. The molecule has 7 rings (SSSR count). The Bertz CT molecular complexity index is 1730. The molecule has 5 aromatic carbocycles. The second-order valence-electron chi connectivity index (χ2n) is 7.97. The van der Waals surface area contributed by atoms with Crippen LogP contribution in [0.4, 0.5) is 0 Å². The van der Waals surface area contributed by atoms with E-state index in [4.69, 9.17) is 0 Å². The molecule has 2 heteroatoms. The van der Waals surface area contributed by atoms with E-state index in [0.29, 0.717) is 0 Å².